The van der Waals surface area contributed by atoms with Crippen molar-refractivity contribution in [1.82, 2.24) is 15.0 Å². The first-order valence-corrected chi connectivity index (χ1v) is 11.1. The Labute approximate surface area is 179 Å². The van der Waals surface area contributed by atoms with Gasteiger partial charge in [-0.2, -0.15) is 0 Å². The maximum Gasteiger partial charge on any atom is 0.180 e. The molecule has 4 heterocycles. The highest BCUT2D eigenvalue weighted by Crippen LogP contribution is 2.33. The van der Waals surface area contributed by atoms with Gasteiger partial charge in [0, 0.05) is 52.6 Å². The number of hydrogen-bond donors (Lipinski definition) is 1. The summed E-state index contributed by atoms with van der Waals surface area (Å²) >= 11 is 1.56. The topological polar surface area (TPSA) is 94.1 Å². The summed E-state index contributed by atoms with van der Waals surface area (Å²) in [6.45, 7) is 2.61. The van der Waals surface area contributed by atoms with Crippen molar-refractivity contribution in [3.8, 4) is 0 Å². The number of ketones is 1. The first kappa shape index (κ1) is 19.1. The predicted molar refractivity (Wildman–Crippen MR) is 118 cm³/mol. The maximum absolute atomic E-state index is 12.7. The number of aryl methyl sites for hydroxylation is 2. The Hall–Kier alpha value is -2.93. The lowest BCUT2D eigenvalue weighted by Crippen LogP contribution is -2.18. The first-order valence-electron chi connectivity index (χ1n) is 10.3. The molecule has 0 saturated carbocycles. The van der Waals surface area contributed by atoms with Crippen molar-refractivity contribution >= 4 is 28.0 Å². The summed E-state index contributed by atoms with van der Waals surface area (Å²) in [5.41, 5.74) is 13.0. The van der Waals surface area contributed by atoms with Crippen LogP contribution in [0.25, 0.3) is 0 Å². The number of aromatic nitrogens is 3. The van der Waals surface area contributed by atoms with Crippen LogP contribution in [0.15, 0.2) is 35.6 Å². The molecule has 0 saturated heterocycles. The highest BCUT2D eigenvalue weighted by atomic mass is 32.1. The number of anilines is 1. The van der Waals surface area contributed by atoms with Crippen LogP contribution in [0, 0.1) is 12.8 Å². The van der Waals surface area contributed by atoms with Crippen molar-refractivity contribution in [2.75, 3.05) is 5.73 Å². The number of nitrogens with two attached hydrogens (primary N) is 1. The number of nitrogen functional groups attached to an aromatic ring is 1. The van der Waals surface area contributed by atoms with Gasteiger partial charge in [-0.05, 0) is 55.9 Å². The normalized spacial score (nSPS) is 17.4. The lowest BCUT2D eigenvalue weighted by atomic mass is 9.86. The zero-order chi connectivity index (χ0) is 20.7. The van der Waals surface area contributed by atoms with Crippen LogP contribution in [0.4, 0.5) is 5.13 Å². The van der Waals surface area contributed by atoms with E-state index in [4.69, 9.17) is 10.7 Å². The standard InChI is InChI=1S/C23H23N5OS/c1-13-6-15(4-5-25-13)22-19-12-26-17(9-16(19)11-27-22)10-18(29)7-14-2-3-20-21(8-14)30-23(24)28-20/h4-6,9,12,14H,2-3,7-8,10-11H2,1H3,(H2,24,28). The van der Waals surface area contributed by atoms with Crippen LogP contribution in [0.2, 0.25) is 0 Å². The summed E-state index contributed by atoms with van der Waals surface area (Å²) in [7, 11) is 0. The molecule has 1 unspecified atom stereocenters. The van der Waals surface area contributed by atoms with E-state index < -0.39 is 0 Å². The Morgan fingerprint density at radius 2 is 2.20 bits per heavy atom. The van der Waals surface area contributed by atoms with E-state index in [1.54, 1.807) is 17.5 Å². The van der Waals surface area contributed by atoms with E-state index >= 15 is 0 Å². The van der Waals surface area contributed by atoms with Crippen molar-refractivity contribution in [3.05, 3.63) is 69.2 Å². The van der Waals surface area contributed by atoms with Crippen molar-refractivity contribution < 1.29 is 4.79 Å². The minimum atomic E-state index is 0.247. The lowest BCUT2D eigenvalue weighted by Gasteiger charge is -2.20. The molecule has 6 nitrogen and oxygen atoms in total. The second-order valence-corrected chi connectivity index (χ2v) is 9.25. The lowest BCUT2D eigenvalue weighted by molar-refractivity contribution is -0.119. The maximum atomic E-state index is 12.7. The van der Waals surface area contributed by atoms with Gasteiger partial charge < -0.3 is 5.73 Å². The third kappa shape index (κ3) is 3.77. The van der Waals surface area contributed by atoms with E-state index in [0.717, 1.165) is 58.7 Å². The molecule has 0 amide bonds. The van der Waals surface area contributed by atoms with Gasteiger partial charge >= 0.3 is 0 Å². The number of fused-ring (bicyclic) bond motifs is 2. The molecule has 30 heavy (non-hydrogen) atoms. The van der Waals surface area contributed by atoms with E-state index in [9.17, 15) is 4.79 Å². The monoisotopic (exact) mass is 417 g/mol. The molecule has 0 fully saturated rings. The smallest absolute Gasteiger partial charge is 0.180 e. The van der Waals surface area contributed by atoms with Crippen LogP contribution >= 0.6 is 11.3 Å². The van der Waals surface area contributed by atoms with E-state index in [1.807, 2.05) is 31.3 Å². The fraction of sp³-hybridized carbons (Fsp3) is 0.348. The third-order valence-electron chi connectivity index (χ3n) is 5.83. The Kier molecular flexibility index (Phi) is 4.90. The average molecular weight is 418 g/mol. The van der Waals surface area contributed by atoms with E-state index in [1.165, 1.54) is 4.88 Å². The number of aliphatic imine (C=N–C) groups is 1. The van der Waals surface area contributed by atoms with Gasteiger partial charge in [0.15, 0.2) is 5.13 Å². The minimum absolute atomic E-state index is 0.247. The number of pyridine rings is 2. The van der Waals surface area contributed by atoms with Gasteiger partial charge in [-0.1, -0.05) is 0 Å². The van der Waals surface area contributed by atoms with Crippen LogP contribution < -0.4 is 5.73 Å². The van der Waals surface area contributed by atoms with Crippen LogP contribution in [0.5, 0.6) is 0 Å². The van der Waals surface area contributed by atoms with Gasteiger partial charge in [0.05, 0.1) is 18.0 Å². The Bertz CT molecular complexity index is 1170. The van der Waals surface area contributed by atoms with Crippen molar-refractivity contribution in [2.24, 2.45) is 10.9 Å². The Balaban J connectivity index is 1.24. The summed E-state index contributed by atoms with van der Waals surface area (Å²) in [5.74, 6) is 0.626. The minimum Gasteiger partial charge on any atom is -0.375 e. The molecule has 0 aromatic carbocycles. The molecule has 0 bridgehead atoms. The van der Waals surface area contributed by atoms with E-state index in [2.05, 4.69) is 15.0 Å². The van der Waals surface area contributed by atoms with Gasteiger partial charge in [-0.25, -0.2) is 4.98 Å². The van der Waals surface area contributed by atoms with Gasteiger partial charge in [-0.3, -0.25) is 19.8 Å². The Morgan fingerprint density at radius 1 is 1.30 bits per heavy atom. The third-order valence-corrected chi connectivity index (χ3v) is 6.78. The molecule has 0 radical (unpaired) electrons. The zero-order valence-corrected chi connectivity index (χ0v) is 17.7. The van der Waals surface area contributed by atoms with Crippen LogP contribution in [0.1, 0.15) is 51.5 Å². The number of Topliss-reactive ketones (excluding diaryl/α,β-unsaturated/α-hetero) is 1. The zero-order valence-electron chi connectivity index (χ0n) is 16.9. The molecule has 0 spiro atoms. The summed E-state index contributed by atoms with van der Waals surface area (Å²) < 4.78 is 0. The largest absolute Gasteiger partial charge is 0.375 e. The molecule has 2 N–H and O–H groups in total. The second-order valence-electron chi connectivity index (χ2n) is 8.13. The fourth-order valence-electron chi connectivity index (χ4n) is 4.41. The summed E-state index contributed by atoms with van der Waals surface area (Å²) in [5, 5.41) is 0.637. The highest BCUT2D eigenvalue weighted by molar-refractivity contribution is 7.15. The average Bonchev–Trinajstić information content (AvgIpc) is 3.29. The van der Waals surface area contributed by atoms with Crippen molar-refractivity contribution in [2.45, 2.75) is 45.6 Å². The number of rotatable bonds is 5. The Morgan fingerprint density at radius 3 is 3.07 bits per heavy atom. The van der Waals surface area contributed by atoms with E-state index in [-0.39, 0.29) is 5.78 Å². The predicted octanol–water partition coefficient (Wildman–Crippen LogP) is 3.48. The van der Waals surface area contributed by atoms with Crippen molar-refractivity contribution in [1.29, 1.82) is 0 Å². The number of carbonyl (C=O) groups is 1. The SMILES string of the molecule is Cc1cc(C2=NCc3cc(CC(=O)CC4CCc5nc(N)sc5C4)ncc32)ccn1. The number of carbonyl (C=O) groups excluding carboxylic acids is 1. The molecular formula is C23H23N5OS. The van der Waals surface area contributed by atoms with Gasteiger partial charge in [0.1, 0.15) is 5.78 Å². The van der Waals surface area contributed by atoms with E-state index in [0.29, 0.717) is 30.4 Å². The fourth-order valence-corrected chi connectivity index (χ4v) is 5.40. The van der Waals surface area contributed by atoms with Gasteiger partial charge in [0.2, 0.25) is 0 Å². The van der Waals surface area contributed by atoms with Crippen LogP contribution in [-0.2, 0) is 30.6 Å². The molecule has 7 heteroatoms. The van der Waals surface area contributed by atoms with Gasteiger partial charge in [0.25, 0.3) is 0 Å². The van der Waals surface area contributed by atoms with Crippen LogP contribution in [0.3, 0.4) is 0 Å². The quantitative estimate of drug-likeness (QED) is 0.686. The highest BCUT2D eigenvalue weighted by Gasteiger charge is 2.25. The van der Waals surface area contributed by atoms with Crippen molar-refractivity contribution in [3.63, 3.8) is 0 Å². The molecule has 1 aliphatic heterocycles. The molecule has 1 aliphatic carbocycles. The molecule has 3 aromatic rings. The van der Waals surface area contributed by atoms with Gasteiger partial charge in [-0.15, -0.1) is 11.3 Å². The molecule has 3 aromatic heterocycles. The summed E-state index contributed by atoms with van der Waals surface area (Å²) in [4.78, 5) is 31.9. The first-order chi connectivity index (χ1) is 14.5. The summed E-state index contributed by atoms with van der Waals surface area (Å²) in [6, 6.07) is 6.06. The molecule has 5 rings (SSSR count). The molecule has 152 valence electrons. The number of nitrogens with zero attached hydrogens (tertiary/aromatic N) is 4. The summed E-state index contributed by atoms with van der Waals surface area (Å²) in [6.07, 6.45) is 7.48. The molecular weight excluding hydrogens is 394 g/mol. The number of thiazole rings is 1. The molecule has 1 atom stereocenters. The number of hydrogen-bond acceptors (Lipinski definition) is 7. The second kappa shape index (κ2) is 7.72. The molecule has 2 aliphatic rings. The van der Waals surface area contributed by atoms with Crippen LogP contribution in [-0.4, -0.2) is 26.4 Å².